The van der Waals surface area contributed by atoms with Crippen molar-refractivity contribution < 1.29 is 8.42 Å². The predicted octanol–water partition coefficient (Wildman–Crippen LogP) is 1.34. The lowest BCUT2D eigenvalue weighted by Gasteiger charge is -1.97. The summed E-state index contributed by atoms with van der Waals surface area (Å²) in [4.78, 5) is 0.475. The van der Waals surface area contributed by atoms with E-state index in [0.29, 0.717) is 4.91 Å². The van der Waals surface area contributed by atoms with Crippen LogP contribution in [0.4, 0.5) is 0 Å². The van der Waals surface area contributed by atoms with Crippen molar-refractivity contribution in [2.24, 2.45) is 0 Å². The lowest BCUT2D eigenvalue weighted by Crippen LogP contribution is -1.98. The first-order chi connectivity index (χ1) is 3.85. The van der Waals surface area contributed by atoms with Gasteiger partial charge >= 0.3 is 0 Å². The summed E-state index contributed by atoms with van der Waals surface area (Å²) in [5, 5.41) is 0. The monoisotopic (exact) mass is 148 g/mol. The molecular weight excluding hydrogens is 136 g/mol. The molecule has 0 fully saturated rings. The molecule has 0 aromatic rings. The van der Waals surface area contributed by atoms with Crippen LogP contribution in [0.2, 0.25) is 0 Å². The first-order valence-electron chi connectivity index (χ1n) is 2.70. The zero-order valence-electron chi connectivity index (χ0n) is 6.22. The second-order valence-electron chi connectivity index (χ2n) is 2.33. The quantitative estimate of drug-likeness (QED) is 0.562. The Morgan fingerprint density at radius 1 is 1.11 bits per heavy atom. The van der Waals surface area contributed by atoms with Crippen molar-refractivity contribution in [2.45, 2.75) is 20.8 Å². The van der Waals surface area contributed by atoms with E-state index in [-0.39, 0.29) is 0 Å². The highest BCUT2D eigenvalue weighted by Gasteiger charge is 2.04. The zero-order chi connectivity index (χ0) is 7.65. The van der Waals surface area contributed by atoms with E-state index in [2.05, 4.69) is 0 Å². The topological polar surface area (TPSA) is 34.1 Å². The van der Waals surface area contributed by atoms with Gasteiger partial charge in [0.15, 0.2) is 9.84 Å². The van der Waals surface area contributed by atoms with Crippen LogP contribution in [0.25, 0.3) is 0 Å². The average Bonchev–Trinajstić information content (AvgIpc) is 1.62. The van der Waals surface area contributed by atoms with Crippen LogP contribution in [-0.4, -0.2) is 14.7 Å². The Hall–Kier alpha value is -0.310. The molecule has 2 nitrogen and oxygen atoms in total. The van der Waals surface area contributed by atoms with Gasteiger partial charge in [-0.1, -0.05) is 5.57 Å². The molecule has 0 saturated carbocycles. The van der Waals surface area contributed by atoms with Gasteiger partial charge in [-0.2, -0.15) is 0 Å². The first-order valence-corrected chi connectivity index (χ1v) is 4.59. The van der Waals surface area contributed by atoms with Crippen LogP contribution >= 0.6 is 0 Å². The Morgan fingerprint density at radius 3 is 1.44 bits per heavy atom. The van der Waals surface area contributed by atoms with E-state index in [1.54, 1.807) is 20.8 Å². The van der Waals surface area contributed by atoms with Gasteiger partial charge in [-0.05, 0) is 20.8 Å². The highest BCUT2D eigenvalue weighted by atomic mass is 32.2. The fraction of sp³-hybridized carbons (Fsp3) is 0.667. The van der Waals surface area contributed by atoms with Crippen LogP contribution in [0.3, 0.4) is 0 Å². The van der Waals surface area contributed by atoms with Gasteiger partial charge in [0.2, 0.25) is 0 Å². The molecule has 0 unspecified atom stereocenters. The third-order valence-electron chi connectivity index (χ3n) is 1.26. The zero-order valence-corrected chi connectivity index (χ0v) is 7.04. The molecule has 0 N–H and O–H groups in total. The second-order valence-corrected chi connectivity index (χ2v) is 4.49. The van der Waals surface area contributed by atoms with Crippen molar-refractivity contribution in [1.29, 1.82) is 0 Å². The predicted molar refractivity (Wildman–Crippen MR) is 38.9 cm³/mol. The van der Waals surface area contributed by atoms with E-state index in [9.17, 15) is 8.42 Å². The molecule has 0 aliphatic rings. The van der Waals surface area contributed by atoms with Crippen molar-refractivity contribution in [3.63, 3.8) is 0 Å². The normalized spacial score (nSPS) is 11.1. The molecule has 0 atom stereocenters. The summed E-state index contributed by atoms with van der Waals surface area (Å²) < 4.78 is 21.4. The van der Waals surface area contributed by atoms with Gasteiger partial charge in [-0.3, -0.25) is 0 Å². The number of hydrogen-bond acceptors (Lipinski definition) is 2. The molecule has 0 aromatic heterocycles. The summed E-state index contributed by atoms with van der Waals surface area (Å²) >= 11 is 0. The maximum absolute atomic E-state index is 10.7. The van der Waals surface area contributed by atoms with E-state index in [1.165, 1.54) is 6.26 Å². The Balaban J connectivity index is 4.86. The third kappa shape index (κ3) is 2.65. The highest BCUT2D eigenvalue weighted by molar-refractivity contribution is 7.94. The van der Waals surface area contributed by atoms with E-state index < -0.39 is 9.84 Å². The minimum atomic E-state index is -2.92. The number of hydrogen-bond donors (Lipinski definition) is 0. The molecule has 3 heteroatoms. The summed E-state index contributed by atoms with van der Waals surface area (Å²) in [5.41, 5.74) is 0.859. The van der Waals surface area contributed by atoms with Gasteiger partial charge in [-0.25, -0.2) is 8.42 Å². The van der Waals surface area contributed by atoms with Crippen LogP contribution < -0.4 is 0 Å². The second kappa shape index (κ2) is 2.52. The highest BCUT2D eigenvalue weighted by Crippen LogP contribution is 2.07. The Bertz CT molecular complexity index is 217. The van der Waals surface area contributed by atoms with Gasteiger partial charge in [-0.15, -0.1) is 0 Å². The largest absolute Gasteiger partial charge is 0.224 e. The summed E-state index contributed by atoms with van der Waals surface area (Å²) in [7, 11) is -2.92. The number of rotatable bonds is 1. The molecule has 0 saturated heterocycles. The molecule has 0 aliphatic carbocycles. The van der Waals surface area contributed by atoms with Gasteiger partial charge < -0.3 is 0 Å². The molecule has 0 spiro atoms. The fourth-order valence-corrected chi connectivity index (χ4v) is 1.11. The average molecular weight is 148 g/mol. The van der Waals surface area contributed by atoms with Gasteiger partial charge in [0.1, 0.15) is 0 Å². The summed E-state index contributed by atoms with van der Waals surface area (Å²) in [6.07, 6.45) is 1.22. The fourth-order valence-electron chi connectivity index (χ4n) is 0.371. The summed E-state index contributed by atoms with van der Waals surface area (Å²) in [5.74, 6) is 0. The maximum atomic E-state index is 10.7. The van der Waals surface area contributed by atoms with E-state index in [1.807, 2.05) is 0 Å². The third-order valence-corrected chi connectivity index (χ3v) is 2.78. The SMILES string of the molecule is CC(C)=C(C)S(C)(=O)=O. The van der Waals surface area contributed by atoms with Crippen LogP contribution in [0.15, 0.2) is 10.5 Å². The molecule has 0 heterocycles. The minimum absolute atomic E-state index is 0.475. The Kier molecular flexibility index (Phi) is 2.43. The van der Waals surface area contributed by atoms with E-state index in [0.717, 1.165) is 5.57 Å². The maximum Gasteiger partial charge on any atom is 0.171 e. The molecule has 0 aromatic carbocycles. The van der Waals surface area contributed by atoms with Crippen LogP contribution in [0.1, 0.15) is 20.8 Å². The first kappa shape index (κ1) is 8.69. The smallest absolute Gasteiger partial charge is 0.171 e. The van der Waals surface area contributed by atoms with Crippen molar-refractivity contribution >= 4 is 9.84 Å². The van der Waals surface area contributed by atoms with E-state index in [4.69, 9.17) is 0 Å². The van der Waals surface area contributed by atoms with Crippen molar-refractivity contribution in [1.82, 2.24) is 0 Å². The van der Waals surface area contributed by atoms with Gasteiger partial charge in [0.05, 0.1) is 0 Å². The van der Waals surface area contributed by atoms with Crippen LogP contribution in [0, 0.1) is 0 Å². The number of allylic oxidation sites excluding steroid dienone is 2. The van der Waals surface area contributed by atoms with Crippen molar-refractivity contribution in [3.8, 4) is 0 Å². The molecular formula is C6H12O2S. The molecule has 54 valence electrons. The lowest BCUT2D eigenvalue weighted by molar-refractivity contribution is 0.607. The molecule has 0 amide bonds. The van der Waals surface area contributed by atoms with Gasteiger partial charge in [0.25, 0.3) is 0 Å². The van der Waals surface area contributed by atoms with Crippen LogP contribution in [-0.2, 0) is 9.84 Å². The molecule has 0 rings (SSSR count). The van der Waals surface area contributed by atoms with Crippen molar-refractivity contribution in [3.05, 3.63) is 10.5 Å². The molecule has 0 aliphatic heterocycles. The Morgan fingerprint density at radius 2 is 1.44 bits per heavy atom. The van der Waals surface area contributed by atoms with Gasteiger partial charge in [0, 0.05) is 11.2 Å². The minimum Gasteiger partial charge on any atom is -0.224 e. The molecule has 0 radical (unpaired) electrons. The van der Waals surface area contributed by atoms with Crippen LogP contribution in [0.5, 0.6) is 0 Å². The summed E-state index contributed by atoms with van der Waals surface area (Å²) in [6, 6.07) is 0. The summed E-state index contributed by atoms with van der Waals surface area (Å²) in [6.45, 7) is 5.19. The van der Waals surface area contributed by atoms with E-state index >= 15 is 0 Å². The molecule has 9 heavy (non-hydrogen) atoms. The lowest BCUT2D eigenvalue weighted by atomic mass is 10.3. The number of sulfone groups is 1. The van der Waals surface area contributed by atoms with Crippen molar-refractivity contribution in [2.75, 3.05) is 6.26 Å². The molecule has 0 bridgehead atoms. The standard InChI is InChI=1S/C6H12O2S/c1-5(2)6(3)9(4,7)8/h1-4H3. The Labute approximate surface area is 56.5 Å².